The van der Waals surface area contributed by atoms with Gasteiger partial charge in [0.1, 0.15) is 6.04 Å². The van der Waals surface area contributed by atoms with E-state index in [-0.39, 0.29) is 30.8 Å². The van der Waals surface area contributed by atoms with Crippen molar-refractivity contribution in [1.29, 1.82) is 0 Å². The number of rotatable bonds is 10. The molecule has 1 aromatic rings. The first-order valence-corrected chi connectivity index (χ1v) is 9.82. The molecule has 1 amide bonds. The predicted molar refractivity (Wildman–Crippen MR) is 108 cm³/mol. The number of hydrogen-bond acceptors (Lipinski definition) is 6. The van der Waals surface area contributed by atoms with Gasteiger partial charge in [0, 0.05) is 5.75 Å². The number of carbonyl (C=O) groups is 3. The van der Waals surface area contributed by atoms with Gasteiger partial charge in [0.25, 0.3) is 0 Å². The highest BCUT2D eigenvalue weighted by atomic mass is 32.1. The maximum Gasteiger partial charge on any atom is 0.411 e. The van der Waals surface area contributed by atoms with Gasteiger partial charge < -0.3 is 14.6 Å². The predicted octanol–water partition coefficient (Wildman–Crippen LogP) is 3.40. The first-order chi connectivity index (χ1) is 13.2. The molecule has 0 spiro atoms. The molecular weight excluding hydrogens is 382 g/mol. The van der Waals surface area contributed by atoms with Crippen LogP contribution in [-0.2, 0) is 19.1 Å². The van der Waals surface area contributed by atoms with Gasteiger partial charge in [-0.1, -0.05) is 58.0 Å². The van der Waals surface area contributed by atoms with E-state index in [0.717, 1.165) is 4.90 Å². The molecule has 0 heterocycles. The van der Waals surface area contributed by atoms with Crippen LogP contribution in [0.15, 0.2) is 30.3 Å². The van der Waals surface area contributed by atoms with Gasteiger partial charge in [-0.2, -0.15) is 12.6 Å². The molecule has 0 aromatic heterocycles. The molecule has 2 atom stereocenters. The Bertz CT molecular complexity index is 649. The summed E-state index contributed by atoms with van der Waals surface area (Å²) in [5.41, 5.74) is 0.436. The quantitative estimate of drug-likeness (QED) is 0.453. The van der Waals surface area contributed by atoms with Crippen molar-refractivity contribution in [2.75, 3.05) is 19.0 Å². The van der Waals surface area contributed by atoms with Crippen LogP contribution in [0.5, 0.6) is 0 Å². The van der Waals surface area contributed by atoms with Gasteiger partial charge in [0.05, 0.1) is 13.2 Å². The molecule has 0 fully saturated rings. The van der Waals surface area contributed by atoms with Crippen molar-refractivity contribution < 1.29 is 29.0 Å². The number of carboxylic acid groups (broad SMARTS) is 1. The molecule has 7 nitrogen and oxygen atoms in total. The van der Waals surface area contributed by atoms with E-state index in [9.17, 15) is 19.5 Å². The van der Waals surface area contributed by atoms with Crippen LogP contribution in [0.3, 0.4) is 0 Å². The van der Waals surface area contributed by atoms with Gasteiger partial charge in [-0.3, -0.25) is 4.90 Å². The minimum atomic E-state index is -1.36. The number of hydrogen-bond donors (Lipinski definition) is 2. The summed E-state index contributed by atoms with van der Waals surface area (Å²) in [4.78, 5) is 38.4. The molecule has 0 aliphatic rings. The van der Waals surface area contributed by atoms with Crippen molar-refractivity contribution in [2.24, 2.45) is 11.8 Å². The fourth-order valence-electron chi connectivity index (χ4n) is 2.38. The van der Waals surface area contributed by atoms with Crippen LogP contribution in [0.25, 0.3) is 0 Å². The van der Waals surface area contributed by atoms with E-state index in [2.05, 4.69) is 12.6 Å². The number of thiol groups is 1. The highest BCUT2D eigenvalue weighted by molar-refractivity contribution is 7.80. The lowest BCUT2D eigenvalue weighted by atomic mass is 10.0. The molecule has 1 N–H and O–H groups in total. The lowest BCUT2D eigenvalue weighted by molar-refractivity contribution is -0.154. The Morgan fingerprint density at radius 3 is 2.00 bits per heavy atom. The third kappa shape index (κ3) is 7.07. The molecule has 0 aliphatic carbocycles. The number of benzene rings is 1. The zero-order valence-electron chi connectivity index (χ0n) is 16.7. The number of nitrogens with zero attached hydrogens (tertiary/aromatic N) is 1. The van der Waals surface area contributed by atoms with Gasteiger partial charge >= 0.3 is 18.0 Å². The molecule has 28 heavy (non-hydrogen) atoms. The van der Waals surface area contributed by atoms with Gasteiger partial charge in [-0.05, 0) is 17.4 Å². The molecule has 0 bridgehead atoms. The van der Waals surface area contributed by atoms with Crippen molar-refractivity contribution in [2.45, 2.75) is 39.8 Å². The summed E-state index contributed by atoms with van der Waals surface area (Å²) in [6, 6.07) is 5.82. The van der Waals surface area contributed by atoms with Crippen molar-refractivity contribution in [3.05, 3.63) is 35.9 Å². The number of aliphatic carboxylic acids is 1. The molecule has 0 saturated carbocycles. The number of ether oxygens (including phenoxy) is 2. The second-order valence-electron chi connectivity index (χ2n) is 7.25. The summed E-state index contributed by atoms with van der Waals surface area (Å²) >= 11 is 4.08. The molecule has 1 rings (SSSR count). The fourth-order valence-corrected chi connectivity index (χ4v) is 2.72. The van der Waals surface area contributed by atoms with Crippen LogP contribution in [0.1, 0.15) is 39.3 Å². The summed E-state index contributed by atoms with van der Waals surface area (Å²) in [5.74, 6) is -2.05. The number of carboxylic acids is 1. The fraction of sp³-hybridized carbons (Fsp3) is 0.550. The first kappa shape index (κ1) is 23.8. The molecular formula is C20H29NO6S. The topological polar surface area (TPSA) is 93.1 Å². The van der Waals surface area contributed by atoms with E-state index < -0.39 is 30.1 Å². The summed E-state index contributed by atoms with van der Waals surface area (Å²) in [7, 11) is 0. The van der Waals surface area contributed by atoms with Crippen LogP contribution in [0, 0.1) is 11.8 Å². The maximum atomic E-state index is 12.9. The van der Waals surface area contributed by atoms with Crippen molar-refractivity contribution in [3.63, 3.8) is 0 Å². The highest BCUT2D eigenvalue weighted by Gasteiger charge is 2.41. The number of carbonyl (C=O) groups excluding carboxylic acids is 2. The molecule has 0 aliphatic heterocycles. The van der Waals surface area contributed by atoms with E-state index in [4.69, 9.17) is 9.47 Å². The maximum absolute atomic E-state index is 12.9. The van der Waals surface area contributed by atoms with E-state index in [1.165, 1.54) is 0 Å². The van der Waals surface area contributed by atoms with Gasteiger partial charge in [0.15, 0.2) is 6.04 Å². The van der Waals surface area contributed by atoms with Gasteiger partial charge in [0.2, 0.25) is 0 Å². The summed E-state index contributed by atoms with van der Waals surface area (Å²) in [5, 5.41) is 9.62. The van der Waals surface area contributed by atoms with Crippen LogP contribution >= 0.6 is 12.6 Å². The Labute approximate surface area is 171 Å². The monoisotopic (exact) mass is 411 g/mol. The Morgan fingerprint density at radius 1 is 1.00 bits per heavy atom. The SMILES string of the molecule is CC(C)COC(=O)[C@H](c1ccccc1)N(C(=O)OCC(C)C)[C@H](CS)C(=O)O. The minimum absolute atomic E-state index is 0.0492. The molecule has 0 radical (unpaired) electrons. The normalized spacial score (nSPS) is 13.1. The summed E-state index contributed by atoms with van der Waals surface area (Å²) < 4.78 is 10.6. The Balaban J connectivity index is 3.36. The molecule has 0 unspecified atom stereocenters. The van der Waals surface area contributed by atoms with E-state index >= 15 is 0 Å². The number of esters is 1. The van der Waals surface area contributed by atoms with E-state index in [1.54, 1.807) is 30.3 Å². The molecule has 8 heteroatoms. The smallest absolute Gasteiger partial charge is 0.411 e. The van der Waals surface area contributed by atoms with Crippen LogP contribution in [0.4, 0.5) is 4.79 Å². The lowest BCUT2D eigenvalue weighted by Gasteiger charge is -2.34. The first-order valence-electron chi connectivity index (χ1n) is 9.19. The molecule has 156 valence electrons. The summed E-state index contributed by atoms with van der Waals surface area (Å²) in [6.07, 6.45) is -0.898. The van der Waals surface area contributed by atoms with Gasteiger partial charge in [-0.15, -0.1) is 0 Å². The van der Waals surface area contributed by atoms with Crippen molar-refractivity contribution in [3.8, 4) is 0 Å². The zero-order valence-corrected chi connectivity index (χ0v) is 17.6. The van der Waals surface area contributed by atoms with E-state index in [0.29, 0.717) is 5.56 Å². The zero-order chi connectivity index (χ0) is 21.3. The largest absolute Gasteiger partial charge is 0.480 e. The Hall–Kier alpha value is -2.22. The van der Waals surface area contributed by atoms with Crippen LogP contribution in [-0.4, -0.2) is 53.0 Å². The van der Waals surface area contributed by atoms with Gasteiger partial charge in [-0.25, -0.2) is 14.4 Å². The van der Waals surface area contributed by atoms with E-state index in [1.807, 2.05) is 27.7 Å². The molecule has 1 aromatic carbocycles. The van der Waals surface area contributed by atoms with Crippen molar-refractivity contribution >= 4 is 30.7 Å². The van der Waals surface area contributed by atoms with Crippen LogP contribution in [0.2, 0.25) is 0 Å². The second kappa shape index (κ2) is 11.6. The standard InChI is InChI=1S/C20H29NO6S/c1-13(2)10-26-19(24)17(15-8-6-5-7-9-15)21(16(12-28)18(22)23)20(25)27-11-14(3)4/h5-9,13-14,16-17,28H,10-12H2,1-4H3,(H,22,23)/t16-,17+/m1/s1. The third-order valence-electron chi connectivity index (χ3n) is 3.72. The average molecular weight is 412 g/mol. The average Bonchev–Trinajstić information content (AvgIpc) is 2.64. The highest BCUT2D eigenvalue weighted by Crippen LogP contribution is 2.27. The minimum Gasteiger partial charge on any atom is -0.480 e. The van der Waals surface area contributed by atoms with Crippen LogP contribution < -0.4 is 0 Å². The van der Waals surface area contributed by atoms with Crippen molar-refractivity contribution in [1.82, 2.24) is 4.90 Å². The second-order valence-corrected chi connectivity index (χ2v) is 7.62. The lowest BCUT2D eigenvalue weighted by Crippen LogP contribution is -2.51. The third-order valence-corrected chi connectivity index (χ3v) is 4.07. The number of amides is 1. The Kier molecular flexibility index (Phi) is 9.85. The Morgan fingerprint density at radius 2 is 1.54 bits per heavy atom. The summed E-state index contributed by atoms with van der Waals surface area (Å²) in [6.45, 7) is 7.72. The molecule has 0 saturated heterocycles.